The summed E-state index contributed by atoms with van der Waals surface area (Å²) in [7, 11) is 3.96. The number of aromatic nitrogens is 5. The number of amides is 2. The van der Waals surface area contributed by atoms with Gasteiger partial charge in [-0.05, 0) is 98.5 Å². The van der Waals surface area contributed by atoms with E-state index in [0.29, 0.717) is 28.7 Å². The number of hydrogen-bond donors (Lipinski definition) is 1. The summed E-state index contributed by atoms with van der Waals surface area (Å²) in [6.07, 6.45) is 4.76. The van der Waals surface area contributed by atoms with Crippen molar-refractivity contribution in [3.05, 3.63) is 63.7 Å². The van der Waals surface area contributed by atoms with Gasteiger partial charge in [0.25, 0.3) is 0 Å². The second-order valence-electron chi connectivity index (χ2n) is 12.5. The third-order valence-electron chi connectivity index (χ3n) is 8.77. The van der Waals surface area contributed by atoms with Gasteiger partial charge in [-0.15, -0.1) is 0 Å². The lowest BCUT2D eigenvalue weighted by Crippen LogP contribution is -2.47. The molecular formula is C32H34BrFN8O3. The lowest BCUT2D eigenvalue weighted by Gasteiger charge is -2.27. The van der Waals surface area contributed by atoms with Gasteiger partial charge >= 0.3 is 0 Å². The van der Waals surface area contributed by atoms with Gasteiger partial charge in [-0.25, -0.2) is 19.3 Å². The highest BCUT2D eigenvalue weighted by atomic mass is 79.9. The molecule has 0 unspecified atom stereocenters. The van der Waals surface area contributed by atoms with E-state index in [9.17, 15) is 18.8 Å². The standard InChI is InChI=1S/C32H34BrFN8O3/c1-16-7-20(21-12-35-19(4)36-13-21)9-22-27(18(3)43)39-41(28(16)22)14-26(44)42-24(10-32(11-25(32)42)15-40(5)6)31(45)38-30-17(2)8-23(34)29(33)37-30/h7-9,12-13,24-25H,10-11,14-15H2,1-6H3,(H,37,38,45)/t24-,25+,32-/m0/s1. The smallest absolute Gasteiger partial charge is 0.248 e. The molecule has 2 amide bonds. The van der Waals surface area contributed by atoms with E-state index < -0.39 is 11.9 Å². The zero-order valence-corrected chi connectivity index (χ0v) is 27.6. The van der Waals surface area contributed by atoms with Crippen molar-refractivity contribution in [2.45, 2.75) is 59.2 Å². The van der Waals surface area contributed by atoms with E-state index in [1.54, 1.807) is 28.9 Å². The molecule has 13 heteroatoms. The molecule has 0 bridgehead atoms. The predicted octanol–water partition coefficient (Wildman–Crippen LogP) is 4.48. The fourth-order valence-electron chi connectivity index (χ4n) is 6.77. The summed E-state index contributed by atoms with van der Waals surface area (Å²) < 4.78 is 15.6. The number of halogens is 2. The molecule has 1 N–H and O–H groups in total. The van der Waals surface area contributed by atoms with Crippen molar-refractivity contribution in [2.75, 3.05) is 26.0 Å². The average Bonchev–Trinajstić information content (AvgIpc) is 3.34. The van der Waals surface area contributed by atoms with Crippen molar-refractivity contribution in [3.63, 3.8) is 0 Å². The normalized spacial score (nSPS) is 20.5. The number of hydrogen-bond acceptors (Lipinski definition) is 8. The van der Waals surface area contributed by atoms with Crippen LogP contribution in [0.15, 0.2) is 35.2 Å². The third-order valence-corrected chi connectivity index (χ3v) is 9.33. The first kappa shape index (κ1) is 30.9. The molecule has 1 saturated carbocycles. The Morgan fingerprint density at radius 1 is 1.07 bits per heavy atom. The molecule has 2 fully saturated rings. The largest absolute Gasteiger partial charge is 0.325 e. The Hall–Kier alpha value is -4.10. The maximum atomic E-state index is 14.2. The Balaban J connectivity index is 1.34. The maximum Gasteiger partial charge on any atom is 0.248 e. The number of benzene rings is 1. The van der Waals surface area contributed by atoms with Gasteiger partial charge < -0.3 is 15.1 Å². The van der Waals surface area contributed by atoms with Gasteiger partial charge in [0.1, 0.15) is 34.5 Å². The van der Waals surface area contributed by atoms with E-state index in [4.69, 9.17) is 0 Å². The highest BCUT2D eigenvalue weighted by molar-refractivity contribution is 9.10. The molecule has 1 aliphatic carbocycles. The van der Waals surface area contributed by atoms with Crippen LogP contribution in [-0.2, 0) is 16.1 Å². The van der Waals surface area contributed by atoms with Crippen LogP contribution in [0.1, 0.15) is 47.2 Å². The molecule has 1 aromatic carbocycles. The molecule has 4 heterocycles. The van der Waals surface area contributed by atoms with Crippen LogP contribution in [0, 0.1) is 32.0 Å². The van der Waals surface area contributed by atoms with Crippen molar-refractivity contribution in [1.82, 2.24) is 34.5 Å². The summed E-state index contributed by atoms with van der Waals surface area (Å²) in [6, 6.07) is 4.29. The van der Waals surface area contributed by atoms with E-state index in [0.717, 1.165) is 29.7 Å². The van der Waals surface area contributed by atoms with Crippen LogP contribution in [-0.4, -0.2) is 84.9 Å². The molecule has 1 aliphatic heterocycles. The van der Waals surface area contributed by atoms with Crippen molar-refractivity contribution in [1.29, 1.82) is 0 Å². The number of nitrogens with one attached hydrogen (secondary N) is 1. The second kappa shape index (κ2) is 11.4. The van der Waals surface area contributed by atoms with E-state index in [1.807, 2.05) is 40.1 Å². The van der Waals surface area contributed by atoms with Crippen LogP contribution >= 0.6 is 15.9 Å². The fraction of sp³-hybridized carbons (Fsp3) is 0.406. The van der Waals surface area contributed by atoms with Gasteiger partial charge in [-0.3, -0.25) is 19.1 Å². The van der Waals surface area contributed by atoms with Crippen LogP contribution in [0.3, 0.4) is 0 Å². The predicted molar refractivity (Wildman–Crippen MR) is 170 cm³/mol. The van der Waals surface area contributed by atoms with E-state index in [-0.39, 0.29) is 51.7 Å². The van der Waals surface area contributed by atoms with Gasteiger partial charge in [0.2, 0.25) is 11.8 Å². The van der Waals surface area contributed by atoms with Crippen molar-refractivity contribution in [2.24, 2.45) is 5.41 Å². The first-order valence-corrected chi connectivity index (χ1v) is 15.5. The topological polar surface area (TPSA) is 126 Å². The third kappa shape index (κ3) is 5.63. The number of aryl methyl sites for hydroxylation is 3. The number of piperidine rings is 1. The highest BCUT2D eigenvalue weighted by Gasteiger charge is 2.67. The van der Waals surface area contributed by atoms with Crippen LogP contribution in [0.4, 0.5) is 10.2 Å². The van der Waals surface area contributed by atoms with Crippen molar-refractivity contribution >= 4 is 50.2 Å². The summed E-state index contributed by atoms with van der Waals surface area (Å²) in [5.74, 6) is -0.500. The number of fused-ring (bicyclic) bond motifs is 2. The Labute approximate surface area is 268 Å². The Kier molecular flexibility index (Phi) is 7.80. The molecule has 0 spiro atoms. The minimum atomic E-state index is -0.746. The van der Waals surface area contributed by atoms with Gasteiger partial charge in [-0.1, -0.05) is 0 Å². The number of ketones is 1. The van der Waals surface area contributed by atoms with E-state index in [2.05, 4.69) is 46.2 Å². The monoisotopic (exact) mass is 676 g/mol. The molecule has 0 radical (unpaired) electrons. The first-order valence-electron chi connectivity index (χ1n) is 14.7. The summed E-state index contributed by atoms with van der Waals surface area (Å²) >= 11 is 3.09. The van der Waals surface area contributed by atoms with Crippen LogP contribution < -0.4 is 5.32 Å². The van der Waals surface area contributed by atoms with E-state index in [1.165, 1.54) is 13.0 Å². The Bertz CT molecular complexity index is 1870. The second-order valence-corrected chi connectivity index (χ2v) is 13.3. The number of pyridine rings is 1. The number of anilines is 1. The quantitative estimate of drug-likeness (QED) is 0.214. The average molecular weight is 678 g/mol. The molecule has 45 heavy (non-hydrogen) atoms. The summed E-state index contributed by atoms with van der Waals surface area (Å²) in [5, 5.41) is 8.08. The molecule has 3 aromatic heterocycles. The van der Waals surface area contributed by atoms with Crippen LogP contribution in [0.25, 0.3) is 22.0 Å². The number of nitrogens with zero attached hydrogens (tertiary/aromatic N) is 7. The summed E-state index contributed by atoms with van der Waals surface area (Å²) in [5.41, 5.74) is 3.69. The SMILES string of the molecule is CC(=O)c1nn(CC(=O)N2[C@H](C(=O)Nc3nc(Br)c(F)cc3C)C[C@@]3(CN(C)C)C[C@@H]23)c2c(C)cc(-c3cnc(C)nc3)cc12. The Morgan fingerprint density at radius 2 is 1.78 bits per heavy atom. The van der Waals surface area contributed by atoms with Crippen LogP contribution in [0.2, 0.25) is 0 Å². The fourth-order valence-corrected chi connectivity index (χ4v) is 7.07. The van der Waals surface area contributed by atoms with Gasteiger partial charge in [0.05, 0.1) is 5.52 Å². The zero-order valence-electron chi connectivity index (χ0n) is 26.0. The molecule has 234 valence electrons. The summed E-state index contributed by atoms with van der Waals surface area (Å²) in [6.45, 7) is 7.43. The molecule has 11 nitrogen and oxygen atoms in total. The minimum Gasteiger partial charge on any atom is -0.325 e. The molecule has 3 atom stereocenters. The number of Topliss-reactive ketones (excluding diaryl/α,β-unsaturated/α-hetero) is 1. The number of likely N-dealkylation sites (tertiary alicyclic amines) is 1. The van der Waals surface area contributed by atoms with E-state index >= 15 is 0 Å². The van der Waals surface area contributed by atoms with Crippen LogP contribution in [0.5, 0.6) is 0 Å². The number of carbonyl (C=O) groups excluding carboxylic acids is 3. The maximum absolute atomic E-state index is 14.2. The molecule has 1 saturated heterocycles. The lowest BCUT2D eigenvalue weighted by atomic mass is 9.98. The first-order chi connectivity index (χ1) is 21.3. The van der Waals surface area contributed by atoms with Crippen molar-refractivity contribution < 1.29 is 18.8 Å². The van der Waals surface area contributed by atoms with Crippen molar-refractivity contribution in [3.8, 4) is 11.1 Å². The molecule has 6 rings (SSSR count). The number of rotatable bonds is 8. The lowest BCUT2D eigenvalue weighted by molar-refractivity contribution is -0.138. The van der Waals surface area contributed by atoms with Gasteiger partial charge in [-0.2, -0.15) is 5.10 Å². The summed E-state index contributed by atoms with van der Waals surface area (Å²) in [4.78, 5) is 57.1. The zero-order chi connectivity index (χ0) is 32.4. The molecular weight excluding hydrogens is 643 g/mol. The van der Waals surface area contributed by atoms with Gasteiger partial charge in [0, 0.05) is 48.3 Å². The van der Waals surface area contributed by atoms with Gasteiger partial charge in [0.15, 0.2) is 11.6 Å². The number of carbonyl (C=O) groups is 3. The molecule has 2 aliphatic rings. The highest BCUT2D eigenvalue weighted by Crippen LogP contribution is 2.60. The molecule has 4 aromatic rings. The Morgan fingerprint density at radius 3 is 2.44 bits per heavy atom. The minimum absolute atomic E-state index is 0.00468.